The molecule has 5 rings (SSSR count). The summed E-state index contributed by atoms with van der Waals surface area (Å²) in [6.07, 6.45) is 3.68. The molecule has 2 heterocycles. The van der Waals surface area contributed by atoms with Crippen LogP contribution in [0.2, 0.25) is 0 Å². The van der Waals surface area contributed by atoms with Gasteiger partial charge in [0.1, 0.15) is 23.9 Å². The minimum absolute atomic E-state index is 0.266. The molecule has 7 nitrogen and oxygen atoms in total. The van der Waals surface area contributed by atoms with Crippen molar-refractivity contribution >= 4 is 22.3 Å². The van der Waals surface area contributed by atoms with E-state index in [2.05, 4.69) is 29.0 Å². The van der Waals surface area contributed by atoms with Gasteiger partial charge in [0.2, 0.25) is 0 Å². The van der Waals surface area contributed by atoms with E-state index in [-0.39, 0.29) is 6.61 Å². The molecule has 2 N–H and O–H groups in total. The summed E-state index contributed by atoms with van der Waals surface area (Å²) in [6, 6.07) is 18.2. The van der Waals surface area contributed by atoms with Crippen LogP contribution < -0.4 is 19.5 Å². The van der Waals surface area contributed by atoms with Gasteiger partial charge < -0.3 is 24.6 Å². The lowest BCUT2D eigenvalue weighted by molar-refractivity contribution is 0.118. The summed E-state index contributed by atoms with van der Waals surface area (Å²) in [6.45, 7) is 11.8. The normalized spacial score (nSPS) is 13.9. The molecule has 0 radical (unpaired) electrons. The standard InChI is InChI=1S/C33H38FN3O4.C2H6/c1-22(2)24-4-6-25(7-5-24)36-29-9-8-26(18-28(29)34)41-31-10-13-35-30-20-33(32(39-3)19-27(30)31)40-17-16-37-14-11-23(21-38)12-15-37;1-2/h4-10,13,18-20,22-23,36,38H,11-12,14-17,21H2,1-3H3;1-2H3. The highest BCUT2D eigenvalue weighted by Crippen LogP contribution is 2.37. The Morgan fingerprint density at radius 2 is 1.72 bits per heavy atom. The maximum Gasteiger partial charge on any atom is 0.163 e. The second kappa shape index (κ2) is 15.5. The average molecular weight is 590 g/mol. The van der Waals surface area contributed by atoms with Crippen molar-refractivity contribution in [3.8, 4) is 23.0 Å². The van der Waals surface area contributed by atoms with Crippen LogP contribution in [0.4, 0.5) is 15.8 Å². The van der Waals surface area contributed by atoms with Crippen LogP contribution in [0.1, 0.15) is 52.0 Å². The van der Waals surface area contributed by atoms with E-state index in [4.69, 9.17) is 14.2 Å². The number of ether oxygens (including phenoxy) is 3. The Labute approximate surface area is 254 Å². The second-order valence-corrected chi connectivity index (χ2v) is 10.8. The highest BCUT2D eigenvalue weighted by Gasteiger charge is 2.19. The summed E-state index contributed by atoms with van der Waals surface area (Å²) < 4.78 is 32.8. The van der Waals surface area contributed by atoms with Crippen molar-refractivity contribution in [2.24, 2.45) is 5.92 Å². The first-order valence-electron chi connectivity index (χ1n) is 15.2. The molecular formula is C35H44FN3O4. The molecule has 0 spiro atoms. The van der Waals surface area contributed by atoms with Crippen LogP contribution in [0.15, 0.2) is 66.9 Å². The van der Waals surface area contributed by atoms with E-state index in [0.29, 0.717) is 52.6 Å². The molecule has 0 amide bonds. The number of hydrogen-bond donors (Lipinski definition) is 2. The number of benzene rings is 3. The van der Waals surface area contributed by atoms with Gasteiger partial charge >= 0.3 is 0 Å². The van der Waals surface area contributed by atoms with Gasteiger partial charge in [0.05, 0.1) is 18.3 Å². The molecule has 3 aromatic carbocycles. The van der Waals surface area contributed by atoms with Gasteiger partial charge in [0.25, 0.3) is 0 Å². The van der Waals surface area contributed by atoms with E-state index >= 15 is 4.39 Å². The van der Waals surface area contributed by atoms with Crippen molar-refractivity contribution in [2.75, 3.05) is 45.3 Å². The van der Waals surface area contributed by atoms with Crippen LogP contribution in [-0.2, 0) is 0 Å². The SMILES string of the molecule is CC.COc1cc2c(Oc3ccc(Nc4ccc(C(C)C)cc4)c(F)c3)ccnc2cc1OCCN1CCC(CO)CC1. The number of aliphatic hydroxyl groups excluding tert-OH is 1. The Morgan fingerprint density at radius 3 is 2.37 bits per heavy atom. The van der Waals surface area contributed by atoms with Crippen molar-refractivity contribution < 1.29 is 23.7 Å². The average Bonchev–Trinajstić information content (AvgIpc) is 3.03. The number of nitrogens with one attached hydrogen (secondary N) is 1. The Morgan fingerprint density at radius 1 is 0.977 bits per heavy atom. The van der Waals surface area contributed by atoms with E-state index in [9.17, 15) is 5.11 Å². The predicted molar refractivity (Wildman–Crippen MR) is 172 cm³/mol. The number of anilines is 2. The predicted octanol–water partition coefficient (Wildman–Crippen LogP) is 8.15. The van der Waals surface area contributed by atoms with Crippen molar-refractivity contribution in [3.05, 3.63) is 78.2 Å². The molecule has 1 saturated heterocycles. The Balaban J connectivity index is 0.00000207. The van der Waals surface area contributed by atoms with E-state index < -0.39 is 5.82 Å². The summed E-state index contributed by atoms with van der Waals surface area (Å²) in [5.41, 5.74) is 3.11. The molecule has 0 saturated carbocycles. The van der Waals surface area contributed by atoms with Gasteiger partial charge in [-0.05, 0) is 79.7 Å². The van der Waals surface area contributed by atoms with Crippen LogP contribution in [0, 0.1) is 11.7 Å². The number of rotatable bonds is 11. The van der Waals surface area contributed by atoms with Crippen LogP contribution in [0.25, 0.3) is 10.9 Å². The third-order valence-corrected chi connectivity index (χ3v) is 7.64. The largest absolute Gasteiger partial charge is 0.493 e. The fourth-order valence-corrected chi connectivity index (χ4v) is 5.06. The van der Waals surface area contributed by atoms with Gasteiger partial charge in [0, 0.05) is 42.6 Å². The number of pyridine rings is 1. The molecule has 1 aliphatic rings. The number of hydrogen-bond acceptors (Lipinski definition) is 7. The number of halogens is 1. The first-order chi connectivity index (χ1) is 20.9. The third kappa shape index (κ3) is 8.36. The topological polar surface area (TPSA) is 76.1 Å². The Bertz CT molecular complexity index is 1450. The summed E-state index contributed by atoms with van der Waals surface area (Å²) in [7, 11) is 1.60. The molecule has 0 unspecified atom stereocenters. The van der Waals surface area contributed by atoms with Gasteiger partial charge in [-0.25, -0.2) is 4.39 Å². The number of aromatic nitrogens is 1. The van der Waals surface area contributed by atoms with Crippen LogP contribution in [0.5, 0.6) is 23.0 Å². The quantitative estimate of drug-likeness (QED) is 0.183. The minimum Gasteiger partial charge on any atom is -0.493 e. The molecule has 0 aliphatic carbocycles. The fourth-order valence-electron chi connectivity index (χ4n) is 5.06. The number of aliphatic hydroxyl groups is 1. The maximum absolute atomic E-state index is 15.0. The van der Waals surface area contributed by atoms with Crippen LogP contribution in [-0.4, -0.2) is 54.9 Å². The minimum atomic E-state index is -0.414. The molecular weight excluding hydrogens is 545 g/mol. The molecule has 230 valence electrons. The van der Waals surface area contributed by atoms with Gasteiger partial charge in [-0.3, -0.25) is 9.88 Å². The number of methoxy groups -OCH3 is 1. The van der Waals surface area contributed by atoms with Crippen molar-refractivity contribution in [2.45, 2.75) is 46.5 Å². The molecule has 8 heteroatoms. The van der Waals surface area contributed by atoms with Crippen molar-refractivity contribution in [1.82, 2.24) is 9.88 Å². The second-order valence-electron chi connectivity index (χ2n) is 10.8. The molecule has 1 fully saturated rings. The van der Waals surface area contributed by atoms with Crippen molar-refractivity contribution in [3.63, 3.8) is 0 Å². The number of piperidine rings is 1. The van der Waals surface area contributed by atoms with E-state index in [1.54, 1.807) is 31.5 Å². The molecule has 43 heavy (non-hydrogen) atoms. The van der Waals surface area contributed by atoms with E-state index in [0.717, 1.165) is 43.5 Å². The molecule has 1 aliphatic heterocycles. The lowest BCUT2D eigenvalue weighted by Gasteiger charge is -2.30. The third-order valence-electron chi connectivity index (χ3n) is 7.64. The van der Waals surface area contributed by atoms with E-state index in [1.807, 2.05) is 50.2 Å². The zero-order chi connectivity index (χ0) is 30.8. The maximum atomic E-state index is 15.0. The Hall–Kier alpha value is -3.88. The van der Waals surface area contributed by atoms with Gasteiger partial charge in [-0.15, -0.1) is 0 Å². The number of likely N-dealkylation sites (tertiary alicyclic amines) is 1. The summed E-state index contributed by atoms with van der Waals surface area (Å²) in [5.74, 6) is 2.53. The lowest BCUT2D eigenvalue weighted by atomic mass is 9.98. The zero-order valence-corrected chi connectivity index (χ0v) is 25.9. The van der Waals surface area contributed by atoms with Crippen molar-refractivity contribution in [1.29, 1.82) is 0 Å². The molecule has 0 bridgehead atoms. The number of fused-ring (bicyclic) bond motifs is 1. The zero-order valence-electron chi connectivity index (χ0n) is 25.9. The van der Waals surface area contributed by atoms with Crippen LogP contribution in [0.3, 0.4) is 0 Å². The highest BCUT2D eigenvalue weighted by atomic mass is 19.1. The monoisotopic (exact) mass is 589 g/mol. The lowest BCUT2D eigenvalue weighted by Crippen LogP contribution is -2.37. The van der Waals surface area contributed by atoms with Gasteiger partial charge in [-0.2, -0.15) is 0 Å². The first-order valence-corrected chi connectivity index (χ1v) is 15.2. The summed E-state index contributed by atoms with van der Waals surface area (Å²) >= 11 is 0. The first kappa shape index (κ1) is 32.0. The van der Waals surface area contributed by atoms with E-state index in [1.165, 1.54) is 11.6 Å². The van der Waals surface area contributed by atoms with Gasteiger partial charge in [0.15, 0.2) is 11.5 Å². The number of nitrogens with zero attached hydrogens (tertiary/aromatic N) is 2. The summed E-state index contributed by atoms with van der Waals surface area (Å²) in [4.78, 5) is 6.85. The highest BCUT2D eigenvalue weighted by molar-refractivity contribution is 5.88. The fraction of sp³-hybridized carbons (Fsp3) is 0.400. The molecule has 4 aromatic rings. The Kier molecular flexibility index (Phi) is 11.6. The summed E-state index contributed by atoms with van der Waals surface area (Å²) in [5, 5.41) is 13.2. The molecule has 1 aromatic heterocycles. The smallest absolute Gasteiger partial charge is 0.163 e. The van der Waals surface area contributed by atoms with Gasteiger partial charge in [-0.1, -0.05) is 39.8 Å². The molecule has 0 atom stereocenters. The van der Waals surface area contributed by atoms with Crippen LogP contribution >= 0.6 is 0 Å².